The monoisotopic (exact) mass is 278 g/mol. The number of hydrogen-bond acceptors (Lipinski definition) is 3. The lowest BCUT2D eigenvalue weighted by molar-refractivity contribution is 0.0439. The Morgan fingerprint density at radius 2 is 2.10 bits per heavy atom. The molecule has 1 atom stereocenters. The van der Waals surface area contributed by atoms with E-state index in [1.54, 1.807) is 6.26 Å². The molecule has 1 unspecified atom stereocenters. The van der Waals surface area contributed by atoms with Gasteiger partial charge in [-0.25, -0.2) is 0 Å². The SMILES string of the molecule is CCNC(Cc1ccoc1)C1(N(C)C)CCC(C)CC1. The van der Waals surface area contributed by atoms with Crippen molar-refractivity contribution in [2.24, 2.45) is 5.92 Å². The minimum absolute atomic E-state index is 0.278. The van der Waals surface area contributed by atoms with Crippen molar-refractivity contribution in [1.82, 2.24) is 10.2 Å². The molecule has 1 aromatic heterocycles. The van der Waals surface area contributed by atoms with Gasteiger partial charge in [-0.3, -0.25) is 0 Å². The largest absolute Gasteiger partial charge is 0.472 e. The Kier molecular flexibility index (Phi) is 5.28. The molecule has 0 amide bonds. The maximum Gasteiger partial charge on any atom is 0.0935 e. The van der Waals surface area contributed by atoms with Crippen LogP contribution in [0.25, 0.3) is 0 Å². The van der Waals surface area contributed by atoms with Gasteiger partial charge in [0.05, 0.1) is 12.5 Å². The minimum atomic E-state index is 0.278. The van der Waals surface area contributed by atoms with E-state index in [9.17, 15) is 0 Å². The maximum atomic E-state index is 5.25. The lowest BCUT2D eigenvalue weighted by atomic mass is 9.70. The van der Waals surface area contributed by atoms with E-state index in [0.717, 1.165) is 18.9 Å². The maximum absolute atomic E-state index is 5.25. The molecule has 3 heteroatoms. The molecule has 0 aliphatic heterocycles. The molecule has 0 radical (unpaired) electrons. The Morgan fingerprint density at radius 3 is 2.60 bits per heavy atom. The summed E-state index contributed by atoms with van der Waals surface area (Å²) in [6.07, 6.45) is 9.98. The summed E-state index contributed by atoms with van der Waals surface area (Å²) in [7, 11) is 4.49. The van der Waals surface area contributed by atoms with Gasteiger partial charge in [0.2, 0.25) is 0 Å². The standard InChI is InChI=1S/C17H30N2O/c1-5-18-16(12-15-8-11-20-13-15)17(19(3)4)9-6-14(2)7-10-17/h8,11,13-14,16,18H,5-7,9-10,12H2,1-4H3. The molecule has 1 fully saturated rings. The number of likely N-dealkylation sites (N-methyl/N-ethyl adjacent to an activating group) is 2. The van der Waals surface area contributed by atoms with Gasteiger partial charge in [0.15, 0.2) is 0 Å². The zero-order chi connectivity index (χ0) is 14.6. The van der Waals surface area contributed by atoms with E-state index in [1.165, 1.54) is 31.2 Å². The fraction of sp³-hybridized carbons (Fsp3) is 0.765. The van der Waals surface area contributed by atoms with Crippen molar-refractivity contribution in [2.45, 2.75) is 57.5 Å². The second-order valence-corrected chi connectivity index (χ2v) is 6.63. The van der Waals surface area contributed by atoms with Crippen LogP contribution in [-0.4, -0.2) is 37.1 Å². The summed E-state index contributed by atoms with van der Waals surface area (Å²) >= 11 is 0. The van der Waals surface area contributed by atoms with Crippen LogP contribution in [0.4, 0.5) is 0 Å². The average Bonchev–Trinajstić information content (AvgIpc) is 2.92. The van der Waals surface area contributed by atoms with E-state index in [4.69, 9.17) is 4.42 Å². The molecular formula is C17H30N2O. The molecule has 1 heterocycles. The van der Waals surface area contributed by atoms with E-state index in [1.807, 2.05) is 6.26 Å². The second kappa shape index (κ2) is 6.77. The molecule has 0 bridgehead atoms. The van der Waals surface area contributed by atoms with Crippen LogP contribution in [0.2, 0.25) is 0 Å². The molecule has 2 rings (SSSR count). The van der Waals surface area contributed by atoms with Gasteiger partial charge in [0.1, 0.15) is 0 Å². The van der Waals surface area contributed by atoms with Crippen LogP contribution in [0.5, 0.6) is 0 Å². The molecule has 0 aromatic carbocycles. The number of hydrogen-bond donors (Lipinski definition) is 1. The zero-order valence-electron chi connectivity index (χ0n) is 13.5. The predicted molar refractivity (Wildman–Crippen MR) is 83.9 cm³/mol. The van der Waals surface area contributed by atoms with Crippen LogP contribution in [0, 0.1) is 5.92 Å². The Bertz CT molecular complexity index is 378. The fourth-order valence-corrected chi connectivity index (χ4v) is 3.71. The van der Waals surface area contributed by atoms with Crippen LogP contribution >= 0.6 is 0 Å². The van der Waals surface area contributed by atoms with E-state index in [-0.39, 0.29) is 5.54 Å². The third-order valence-electron chi connectivity index (χ3n) is 5.15. The van der Waals surface area contributed by atoms with E-state index in [2.05, 4.69) is 44.2 Å². The van der Waals surface area contributed by atoms with Gasteiger partial charge in [0.25, 0.3) is 0 Å². The highest BCUT2D eigenvalue weighted by molar-refractivity contribution is 5.12. The van der Waals surface area contributed by atoms with Gasteiger partial charge in [-0.05, 0) is 70.3 Å². The molecular weight excluding hydrogens is 248 g/mol. The third kappa shape index (κ3) is 3.26. The van der Waals surface area contributed by atoms with Crippen molar-refractivity contribution in [3.63, 3.8) is 0 Å². The molecule has 1 aliphatic rings. The molecule has 0 saturated heterocycles. The number of nitrogens with zero attached hydrogens (tertiary/aromatic N) is 1. The topological polar surface area (TPSA) is 28.4 Å². The first-order chi connectivity index (χ1) is 9.58. The third-order valence-corrected chi connectivity index (χ3v) is 5.15. The van der Waals surface area contributed by atoms with Crippen LogP contribution in [-0.2, 0) is 6.42 Å². The molecule has 3 nitrogen and oxygen atoms in total. The molecule has 114 valence electrons. The van der Waals surface area contributed by atoms with Gasteiger partial charge in [-0.2, -0.15) is 0 Å². The highest BCUT2D eigenvalue weighted by atomic mass is 16.3. The Labute approximate surface area is 123 Å². The summed E-state index contributed by atoms with van der Waals surface area (Å²) in [4.78, 5) is 2.46. The van der Waals surface area contributed by atoms with Gasteiger partial charge in [0, 0.05) is 11.6 Å². The molecule has 1 aromatic rings. The van der Waals surface area contributed by atoms with Crippen molar-refractivity contribution in [2.75, 3.05) is 20.6 Å². The average molecular weight is 278 g/mol. The zero-order valence-corrected chi connectivity index (χ0v) is 13.5. The smallest absolute Gasteiger partial charge is 0.0935 e. The van der Waals surface area contributed by atoms with E-state index >= 15 is 0 Å². The Balaban J connectivity index is 2.18. The van der Waals surface area contributed by atoms with Crippen molar-refractivity contribution < 1.29 is 4.42 Å². The summed E-state index contributed by atoms with van der Waals surface area (Å²) in [6.45, 7) is 5.61. The van der Waals surface area contributed by atoms with E-state index in [0.29, 0.717) is 6.04 Å². The molecule has 0 spiro atoms. The van der Waals surface area contributed by atoms with Crippen molar-refractivity contribution in [3.05, 3.63) is 24.2 Å². The summed E-state index contributed by atoms with van der Waals surface area (Å²) in [5, 5.41) is 3.74. The van der Waals surface area contributed by atoms with Gasteiger partial charge < -0.3 is 14.6 Å². The van der Waals surface area contributed by atoms with Crippen LogP contribution in [0.1, 0.15) is 45.1 Å². The van der Waals surface area contributed by atoms with Gasteiger partial charge in [-0.15, -0.1) is 0 Å². The van der Waals surface area contributed by atoms with Crippen LogP contribution in [0.3, 0.4) is 0 Å². The predicted octanol–water partition coefficient (Wildman–Crippen LogP) is 3.31. The highest BCUT2D eigenvalue weighted by Gasteiger charge is 2.42. The summed E-state index contributed by atoms with van der Waals surface area (Å²) < 4.78 is 5.25. The number of nitrogens with one attached hydrogen (secondary N) is 1. The van der Waals surface area contributed by atoms with Gasteiger partial charge in [-0.1, -0.05) is 13.8 Å². The quantitative estimate of drug-likeness (QED) is 0.865. The minimum Gasteiger partial charge on any atom is -0.472 e. The van der Waals surface area contributed by atoms with Crippen LogP contribution in [0.15, 0.2) is 23.0 Å². The van der Waals surface area contributed by atoms with Crippen molar-refractivity contribution >= 4 is 0 Å². The van der Waals surface area contributed by atoms with Crippen LogP contribution < -0.4 is 5.32 Å². The van der Waals surface area contributed by atoms with Crippen molar-refractivity contribution in [3.8, 4) is 0 Å². The fourth-order valence-electron chi connectivity index (χ4n) is 3.71. The summed E-state index contributed by atoms with van der Waals surface area (Å²) in [6, 6.07) is 2.59. The first-order valence-electron chi connectivity index (χ1n) is 8.00. The summed E-state index contributed by atoms with van der Waals surface area (Å²) in [5.41, 5.74) is 1.58. The first kappa shape index (κ1) is 15.6. The lowest BCUT2D eigenvalue weighted by Gasteiger charge is -2.50. The van der Waals surface area contributed by atoms with E-state index < -0.39 is 0 Å². The normalized spacial score (nSPS) is 28.8. The first-order valence-corrected chi connectivity index (χ1v) is 8.00. The Morgan fingerprint density at radius 1 is 1.40 bits per heavy atom. The molecule has 1 saturated carbocycles. The molecule has 20 heavy (non-hydrogen) atoms. The van der Waals surface area contributed by atoms with Crippen molar-refractivity contribution in [1.29, 1.82) is 0 Å². The van der Waals surface area contributed by atoms with Gasteiger partial charge >= 0.3 is 0 Å². The Hall–Kier alpha value is -0.800. The molecule has 1 N–H and O–H groups in total. The number of rotatable bonds is 6. The molecule has 1 aliphatic carbocycles. The lowest BCUT2D eigenvalue weighted by Crippen LogP contribution is -2.61. The number of furan rings is 1. The summed E-state index contributed by atoms with van der Waals surface area (Å²) in [5.74, 6) is 0.874. The highest BCUT2D eigenvalue weighted by Crippen LogP contribution is 2.38. The second-order valence-electron chi connectivity index (χ2n) is 6.63.